The molecule has 0 atom stereocenters. The molecule has 0 saturated heterocycles. The van der Waals surface area contributed by atoms with Crippen molar-refractivity contribution < 1.29 is 14.6 Å². The van der Waals surface area contributed by atoms with Crippen molar-refractivity contribution in [3.63, 3.8) is 0 Å². The van der Waals surface area contributed by atoms with Crippen molar-refractivity contribution in [1.82, 2.24) is 0 Å². The van der Waals surface area contributed by atoms with Crippen molar-refractivity contribution in [1.29, 1.82) is 0 Å². The number of hydrogen-bond acceptors (Lipinski definition) is 3. The van der Waals surface area contributed by atoms with E-state index in [4.69, 9.17) is 9.47 Å². The molecule has 0 bridgehead atoms. The van der Waals surface area contributed by atoms with Crippen LogP contribution in [0.5, 0.6) is 11.5 Å². The molecule has 2 fully saturated rings. The first-order chi connectivity index (χ1) is 8.62. The zero-order valence-corrected chi connectivity index (χ0v) is 12.0. The van der Waals surface area contributed by atoms with Gasteiger partial charge in [-0.05, 0) is 44.2 Å². The van der Waals surface area contributed by atoms with E-state index in [9.17, 15) is 5.11 Å². The third-order valence-electron chi connectivity index (χ3n) is 3.82. The fourth-order valence-corrected chi connectivity index (χ4v) is 2.89. The summed E-state index contributed by atoms with van der Waals surface area (Å²) in [5.41, 5.74) is 0.251. The molecule has 2 saturated carbocycles. The molecule has 0 unspecified atom stereocenters. The van der Waals surface area contributed by atoms with E-state index >= 15 is 0 Å². The van der Waals surface area contributed by atoms with Gasteiger partial charge >= 0.3 is 0 Å². The zero-order chi connectivity index (χ0) is 12.8. The number of ether oxygens (including phenoxy) is 2. The smallest absolute Gasteiger partial charge is 0.162 e. The van der Waals surface area contributed by atoms with Gasteiger partial charge in [0, 0.05) is 10.0 Å². The lowest BCUT2D eigenvalue weighted by atomic mass is 9.96. The van der Waals surface area contributed by atoms with Gasteiger partial charge in [0.25, 0.3) is 0 Å². The van der Waals surface area contributed by atoms with Gasteiger partial charge in [0.2, 0.25) is 0 Å². The predicted octanol–water partition coefficient (Wildman–Crippen LogP) is 3.37. The monoisotopic (exact) mass is 312 g/mol. The van der Waals surface area contributed by atoms with E-state index in [2.05, 4.69) is 15.9 Å². The van der Waals surface area contributed by atoms with Gasteiger partial charge in [0.05, 0.1) is 18.8 Å². The van der Waals surface area contributed by atoms with Gasteiger partial charge in [-0.1, -0.05) is 15.9 Å². The van der Waals surface area contributed by atoms with Crippen LogP contribution >= 0.6 is 15.9 Å². The first-order valence-corrected chi connectivity index (χ1v) is 7.19. The minimum absolute atomic E-state index is 0.307. The van der Waals surface area contributed by atoms with E-state index in [1.807, 2.05) is 12.1 Å². The number of benzene rings is 1. The number of hydrogen-bond donors (Lipinski definition) is 1. The lowest BCUT2D eigenvalue weighted by molar-refractivity contribution is 0.114. The summed E-state index contributed by atoms with van der Waals surface area (Å²) < 4.78 is 12.2. The summed E-state index contributed by atoms with van der Waals surface area (Å²) in [5, 5.41) is 10.2. The van der Waals surface area contributed by atoms with Crippen molar-refractivity contribution in [3.05, 3.63) is 22.2 Å². The molecule has 0 amide bonds. The summed E-state index contributed by atoms with van der Waals surface area (Å²) in [6.07, 6.45) is 5.40. The molecule has 3 rings (SSSR count). The highest BCUT2D eigenvalue weighted by molar-refractivity contribution is 9.10. The normalized spacial score (nSPS) is 21.3. The highest BCUT2D eigenvalue weighted by Gasteiger charge is 2.44. The van der Waals surface area contributed by atoms with Gasteiger partial charge in [-0.2, -0.15) is 0 Å². The molecule has 1 aromatic rings. The van der Waals surface area contributed by atoms with Crippen LogP contribution in [0.4, 0.5) is 0 Å². The van der Waals surface area contributed by atoms with Crippen LogP contribution in [0.1, 0.15) is 37.7 Å². The van der Waals surface area contributed by atoms with Gasteiger partial charge in [0.15, 0.2) is 11.5 Å². The lowest BCUT2D eigenvalue weighted by Crippen LogP contribution is -2.25. The summed E-state index contributed by atoms with van der Waals surface area (Å²) in [4.78, 5) is 0. The Morgan fingerprint density at radius 1 is 1.28 bits per heavy atom. The molecule has 1 N–H and O–H groups in total. The van der Waals surface area contributed by atoms with Crippen molar-refractivity contribution in [2.24, 2.45) is 0 Å². The molecular weight excluding hydrogens is 296 g/mol. The molecule has 3 nitrogen and oxygen atoms in total. The fourth-order valence-electron chi connectivity index (χ4n) is 2.20. The van der Waals surface area contributed by atoms with E-state index in [1.54, 1.807) is 7.11 Å². The van der Waals surface area contributed by atoms with Gasteiger partial charge in [-0.25, -0.2) is 0 Å². The molecule has 2 aliphatic carbocycles. The third kappa shape index (κ3) is 2.12. The Balaban J connectivity index is 1.93. The summed E-state index contributed by atoms with van der Waals surface area (Å²) in [7, 11) is 1.64. The van der Waals surface area contributed by atoms with Crippen molar-refractivity contribution in [2.75, 3.05) is 7.11 Å². The maximum Gasteiger partial charge on any atom is 0.162 e. The van der Waals surface area contributed by atoms with Crippen LogP contribution in [-0.4, -0.2) is 18.3 Å². The molecule has 1 aromatic carbocycles. The quantitative estimate of drug-likeness (QED) is 0.926. The van der Waals surface area contributed by atoms with E-state index in [-0.39, 0.29) is 0 Å². The van der Waals surface area contributed by atoms with E-state index in [0.29, 0.717) is 6.10 Å². The highest BCUT2D eigenvalue weighted by Crippen LogP contribution is 2.50. The minimum atomic E-state index is -0.664. The SMILES string of the molecule is COc1cc(Br)c(C2(O)CC2)cc1OC1CCC1. The maximum atomic E-state index is 10.2. The Hall–Kier alpha value is -0.740. The van der Waals surface area contributed by atoms with E-state index < -0.39 is 5.60 Å². The minimum Gasteiger partial charge on any atom is -0.493 e. The Morgan fingerprint density at radius 2 is 2.00 bits per heavy atom. The standard InChI is InChI=1S/C14H17BrO3/c1-17-12-8-11(15)10(14(16)5-6-14)7-13(12)18-9-3-2-4-9/h7-9,16H,2-6H2,1H3. The second-order valence-corrected chi connectivity index (χ2v) is 6.04. The van der Waals surface area contributed by atoms with Gasteiger partial charge < -0.3 is 14.6 Å². The third-order valence-corrected chi connectivity index (χ3v) is 4.48. The molecule has 18 heavy (non-hydrogen) atoms. The number of rotatable bonds is 4. The van der Waals surface area contributed by atoms with Crippen LogP contribution < -0.4 is 9.47 Å². The molecule has 0 aromatic heterocycles. The number of halogens is 1. The fraction of sp³-hybridized carbons (Fsp3) is 0.571. The molecule has 4 heteroatoms. The number of aliphatic hydroxyl groups is 1. The number of methoxy groups -OCH3 is 1. The maximum absolute atomic E-state index is 10.2. The van der Waals surface area contributed by atoms with E-state index in [1.165, 1.54) is 6.42 Å². The van der Waals surface area contributed by atoms with Crippen LogP contribution in [0.15, 0.2) is 16.6 Å². The zero-order valence-electron chi connectivity index (χ0n) is 10.4. The Bertz CT molecular complexity index is 464. The van der Waals surface area contributed by atoms with Crippen LogP contribution in [0.25, 0.3) is 0 Å². The van der Waals surface area contributed by atoms with Crippen LogP contribution in [0.2, 0.25) is 0 Å². The van der Waals surface area contributed by atoms with Gasteiger partial charge in [0.1, 0.15) is 0 Å². The summed E-state index contributed by atoms with van der Waals surface area (Å²) >= 11 is 3.50. The van der Waals surface area contributed by atoms with Crippen LogP contribution in [0, 0.1) is 0 Å². The first-order valence-electron chi connectivity index (χ1n) is 6.39. The largest absolute Gasteiger partial charge is 0.493 e. The Kier molecular flexibility index (Phi) is 3.02. The molecule has 98 valence electrons. The van der Waals surface area contributed by atoms with Gasteiger partial charge in [-0.3, -0.25) is 0 Å². The predicted molar refractivity (Wildman–Crippen MR) is 72.1 cm³/mol. The summed E-state index contributed by atoms with van der Waals surface area (Å²) in [5.74, 6) is 1.47. The van der Waals surface area contributed by atoms with Gasteiger partial charge in [-0.15, -0.1) is 0 Å². The van der Waals surface area contributed by atoms with Crippen LogP contribution in [0.3, 0.4) is 0 Å². The molecule has 2 aliphatic rings. The summed E-state index contributed by atoms with van der Waals surface area (Å²) in [6, 6.07) is 3.81. The Morgan fingerprint density at radius 3 is 2.50 bits per heavy atom. The first kappa shape index (κ1) is 12.3. The second-order valence-electron chi connectivity index (χ2n) is 5.19. The molecule has 0 aliphatic heterocycles. The Labute approximate surface area is 115 Å². The molecule has 0 spiro atoms. The second kappa shape index (κ2) is 4.42. The van der Waals surface area contributed by atoms with Crippen molar-refractivity contribution >= 4 is 15.9 Å². The average Bonchev–Trinajstić information content (AvgIpc) is 3.03. The van der Waals surface area contributed by atoms with Crippen LogP contribution in [-0.2, 0) is 5.60 Å². The van der Waals surface area contributed by atoms with Crippen molar-refractivity contribution in [2.45, 2.75) is 43.8 Å². The lowest BCUT2D eigenvalue weighted by Gasteiger charge is -2.28. The highest BCUT2D eigenvalue weighted by atomic mass is 79.9. The summed E-state index contributed by atoms with van der Waals surface area (Å²) in [6.45, 7) is 0. The average molecular weight is 313 g/mol. The van der Waals surface area contributed by atoms with E-state index in [0.717, 1.165) is 47.2 Å². The van der Waals surface area contributed by atoms with Crippen molar-refractivity contribution in [3.8, 4) is 11.5 Å². The topological polar surface area (TPSA) is 38.7 Å². The molecule has 0 radical (unpaired) electrons. The molecule has 0 heterocycles. The molecular formula is C14H17BrO3.